The van der Waals surface area contributed by atoms with Gasteiger partial charge in [-0.2, -0.15) is 0 Å². The van der Waals surface area contributed by atoms with Crippen LogP contribution < -0.4 is 19.5 Å². The van der Waals surface area contributed by atoms with Crippen LogP contribution in [0.15, 0.2) is 48.5 Å². The number of hydrogen-bond donors (Lipinski definition) is 2. The Morgan fingerprint density at radius 2 is 1.56 bits per heavy atom. The summed E-state index contributed by atoms with van der Waals surface area (Å²) < 4.78 is 16.3. The first kappa shape index (κ1) is 21.1. The Hall–Kier alpha value is -1.95. The molecule has 6 heteroatoms. The second-order valence-electron chi connectivity index (χ2n) is 5.50. The number of benzene rings is 2. The van der Waals surface area contributed by atoms with Crippen LogP contribution in [0.25, 0.3) is 0 Å². The zero-order valence-electron chi connectivity index (χ0n) is 14.8. The molecule has 2 rings (SSSR count). The van der Waals surface area contributed by atoms with Crippen molar-refractivity contribution in [1.82, 2.24) is 5.32 Å². The largest absolute Gasteiger partial charge is 0.493 e. The summed E-state index contributed by atoms with van der Waals surface area (Å²) in [4.78, 5) is 0. The molecule has 25 heavy (non-hydrogen) atoms. The molecule has 0 aliphatic heterocycles. The number of halogens is 1. The number of aliphatic hydroxyl groups excluding tert-OH is 1. The van der Waals surface area contributed by atoms with E-state index in [4.69, 9.17) is 14.2 Å². The maximum Gasteiger partial charge on any atom is 0.203 e. The lowest BCUT2D eigenvalue weighted by Gasteiger charge is -2.19. The summed E-state index contributed by atoms with van der Waals surface area (Å²) in [5.41, 5.74) is 1.18. The van der Waals surface area contributed by atoms with E-state index < -0.39 is 6.10 Å². The Morgan fingerprint density at radius 3 is 2.12 bits per heavy atom. The topological polar surface area (TPSA) is 60.0 Å². The van der Waals surface area contributed by atoms with Crippen LogP contribution in [0.2, 0.25) is 0 Å². The monoisotopic (exact) mass is 367 g/mol. The Kier molecular flexibility index (Phi) is 9.13. The van der Waals surface area contributed by atoms with Gasteiger partial charge in [0.05, 0.1) is 14.2 Å². The van der Waals surface area contributed by atoms with Gasteiger partial charge in [-0.25, -0.2) is 0 Å². The van der Waals surface area contributed by atoms with Gasteiger partial charge in [-0.15, -0.1) is 12.4 Å². The Labute approximate surface area is 155 Å². The molecule has 0 heterocycles. The first-order valence-electron chi connectivity index (χ1n) is 7.96. The maximum absolute atomic E-state index is 10.2. The van der Waals surface area contributed by atoms with Crippen molar-refractivity contribution in [2.45, 2.75) is 19.1 Å². The second kappa shape index (κ2) is 10.8. The number of methoxy groups -OCH3 is 2. The van der Waals surface area contributed by atoms with Gasteiger partial charge in [0.1, 0.15) is 12.7 Å². The minimum atomic E-state index is -0.647. The van der Waals surface area contributed by atoms with Crippen molar-refractivity contribution in [3.63, 3.8) is 0 Å². The van der Waals surface area contributed by atoms with E-state index in [1.54, 1.807) is 26.4 Å². The third-order valence-corrected chi connectivity index (χ3v) is 3.76. The molecule has 2 unspecified atom stereocenters. The van der Waals surface area contributed by atoms with Gasteiger partial charge in [0.15, 0.2) is 11.5 Å². The highest BCUT2D eigenvalue weighted by Gasteiger charge is 2.14. The fraction of sp³-hybridized carbons (Fsp3) is 0.368. The smallest absolute Gasteiger partial charge is 0.203 e. The SMILES string of the molecule is COc1cccc(OC)c1OCC(O)CNC(C)c1ccccc1.Cl. The molecule has 2 N–H and O–H groups in total. The van der Waals surface area contributed by atoms with E-state index in [0.29, 0.717) is 23.8 Å². The van der Waals surface area contributed by atoms with E-state index in [2.05, 4.69) is 24.4 Å². The van der Waals surface area contributed by atoms with Gasteiger partial charge in [-0.3, -0.25) is 0 Å². The zero-order valence-corrected chi connectivity index (χ0v) is 15.6. The minimum Gasteiger partial charge on any atom is -0.493 e. The lowest BCUT2D eigenvalue weighted by Crippen LogP contribution is -2.33. The Morgan fingerprint density at radius 1 is 0.960 bits per heavy atom. The quantitative estimate of drug-likeness (QED) is 0.712. The second-order valence-corrected chi connectivity index (χ2v) is 5.50. The van der Waals surface area contributed by atoms with Crippen molar-refractivity contribution in [2.75, 3.05) is 27.4 Å². The van der Waals surface area contributed by atoms with Crippen molar-refractivity contribution in [3.8, 4) is 17.2 Å². The van der Waals surface area contributed by atoms with Gasteiger partial charge < -0.3 is 24.6 Å². The maximum atomic E-state index is 10.2. The molecule has 0 radical (unpaired) electrons. The van der Waals surface area contributed by atoms with E-state index in [0.717, 1.165) is 0 Å². The molecule has 0 fully saturated rings. The molecule has 2 aromatic carbocycles. The van der Waals surface area contributed by atoms with Crippen LogP contribution in [0.4, 0.5) is 0 Å². The fourth-order valence-corrected chi connectivity index (χ4v) is 2.37. The van der Waals surface area contributed by atoms with E-state index >= 15 is 0 Å². The summed E-state index contributed by atoms with van der Waals surface area (Å²) in [5, 5.41) is 13.5. The molecule has 2 aromatic rings. The van der Waals surface area contributed by atoms with Crippen LogP contribution in [0.5, 0.6) is 17.2 Å². The molecule has 0 saturated heterocycles. The summed E-state index contributed by atoms with van der Waals surface area (Å²) in [7, 11) is 3.14. The number of rotatable bonds is 9. The zero-order chi connectivity index (χ0) is 17.4. The fourth-order valence-electron chi connectivity index (χ4n) is 2.37. The standard InChI is InChI=1S/C19H25NO4.ClH/c1-14(15-8-5-4-6-9-15)20-12-16(21)13-24-19-17(22-2)10-7-11-18(19)23-3;/h4-11,14,16,20-21H,12-13H2,1-3H3;1H. The average molecular weight is 368 g/mol. The van der Waals surface area contributed by atoms with Gasteiger partial charge in [-0.05, 0) is 24.6 Å². The average Bonchev–Trinajstić information content (AvgIpc) is 2.64. The molecule has 5 nitrogen and oxygen atoms in total. The molecule has 0 amide bonds. The summed E-state index contributed by atoms with van der Waals surface area (Å²) in [6, 6.07) is 15.7. The lowest BCUT2D eigenvalue weighted by molar-refractivity contribution is 0.100. The molecule has 0 saturated carbocycles. The number of ether oxygens (including phenoxy) is 3. The van der Waals surface area contributed by atoms with Gasteiger partial charge in [0.25, 0.3) is 0 Å². The van der Waals surface area contributed by atoms with Crippen molar-refractivity contribution in [3.05, 3.63) is 54.1 Å². The highest BCUT2D eigenvalue weighted by Crippen LogP contribution is 2.36. The molecule has 2 atom stereocenters. The summed E-state index contributed by atoms with van der Waals surface area (Å²) in [5.74, 6) is 1.65. The van der Waals surface area contributed by atoms with Crippen LogP contribution in [-0.4, -0.2) is 38.6 Å². The Balaban J connectivity index is 0.00000312. The van der Waals surface area contributed by atoms with Gasteiger partial charge in [-0.1, -0.05) is 36.4 Å². The van der Waals surface area contributed by atoms with Crippen molar-refractivity contribution < 1.29 is 19.3 Å². The predicted octanol–water partition coefficient (Wildman–Crippen LogP) is 3.22. The van der Waals surface area contributed by atoms with E-state index in [1.165, 1.54) is 5.56 Å². The molecule has 0 spiro atoms. The number of hydrogen-bond acceptors (Lipinski definition) is 5. The molecular formula is C19H26ClNO4. The Bertz CT molecular complexity index is 602. The molecule has 0 aliphatic rings. The summed E-state index contributed by atoms with van der Waals surface area (Å²) in [6.45, 7) is 2.63. The van der Waals surface area contributed by atoms with Crippen molar-refractivity contribution in [1.29, 1.82) is 0 Å². The highest BCUT2D eigenvalue weighted by molar-refractivity contribution is 5.85. The van der Waals surface area contributed by atoms with Crippen molar-refractivity contribution in [2.24, 2.45) is 0 Å². The molecule has 0 aliphatic carbocycles. The number of aliphatic hydroxyl groups is 1. The van der Waals surface area contributed by atoms with E-state index in [1.807, 2.05) is 24.3 Å². The van der Waals surface area contributed by atoms with Crippen molar-refractivity contribution >= 4 is 12.4 Å². The van der Waals surface area contributed by atoms with Gasteiger partial charge in [0.2, 0.25) is 5.75 Å². The normalized spacial score (nSPS) is 12.6. The van der Waals surface area contributed by atoms with Crippen LogP contribution in [0, 0.1) is 0 Å². The molecular weight excluding hydrogens is 342 g/mol. The third kappa shape index (κ3) is 6.12. The van der Waals surface area contributed by atoms with E-state index in [9.17, 15) is 5.11 Å². The van der Waals surface area contributed by atoms with Crippen LogP contribution in [0.1, 0.15) is 18.5 Å². The van der Waals surface area contributed by atoms with Gasteiger partial charge in [0, 0.05) is 12.6 Å². The van der Waals surface area contributed by atoms with Crippen LogP contribution in [-0.2, 0) is 0 Å². The van der Waals surface area contributed by atoms with Crippen LogP contribution in [0.3, 0.4) is 0 Å². The molecule has 0 aromatic heterocycles. The third-order valence-electron chi connectivity index (χ3n) is 3.76. The molecule has 0 bridgehead atoms. The summed E-state index contributed by atoms with van der Waals surface area (Å²) in [6.07, 6.45) is -0.647. The highest BCUT2D eigenvalue weighted by atomic mass is 35.5. The van der Waals surface area contributed by atoms with Gasteiger partial charge >= 0.3 is 0 Å². The molecule has 138 valence electrons. The minimum absolute atomic E-state index is 0. The first-order valence-corrected chi connectivity index (χ1v) is 7.96. The van der Waals surface area contributed by atoms with E-state index in [-0.39, 0.29) is 25.1 Å². The lowest BCUT2D eigenvalue weighted by atomic mass is 10.1. The first-order chi connectivity index (χ1) is 11.7. The number of nitrogens with one attached hydrogen (secondary N) is 1. The summed E-state index contributed by atoms with van der Waals surface area (Å²) >= 11 is 0. The predicted molar refractivity (Wildman–Crippen MR) is 101 cm³/mol. The van der Waals surface area contributed by atoms with Crippen LogP contribution >= 0.6 is 12.4 Å². The number of para-hydroxylation sites is 1.